The molecule has 21 heavy (non-hydrogen) atoms. The van der Waals surface area contributed by atoms with Crippen molar-refractivity contribution in [3.8, 4) is 0 Å². The predicted octanol–water partition coefficient (Wildman–Crippen LogP) is 1.78. The van der Waals surface area contributed by atoms with Gasteiger partial charge >= 0.3 is 0 Å². The monoisotopic (exact) mass is 291 g/mol. The molecule has 1 saturated heterocycles. The molecule has 2 rings (SSSR count). The van der Waals surface area contributed by atoms with E-state index in [-0.39, 0.29) is 0 Å². The van der Waals surface area contributed by atoms with Gasteiger partial charge < -0.3 is 15.1 Å². The highest BCUT2D eigenvalue weighted by atomic mass is 15.3. The number of anilines is 1. The highest BCUT2D eigenvalue weighted by Crippen LogP contribution is 2.11. The number of aromatic nitrogens is 2. The van der Waals surface area contributed by atoms with Crippen LogP contribution in [0.1, 0.15) is 25.2 Å². The van der Waals surface area contributed by atoms with Gasteiger partial charge in [0.15, 0.2) is 0 Å². The molecule has 0 bridgehead atoms. The summed E-state index contributed by atoms with van der Waals surface area (Å²) in [6.45, 7) is 16.6. The van der Waals surface area contributed by atoms with Gasteiger partial charge in [0.1, 0.15) is 5.82 Å². The molecule has 0 aromatic carbocycles. The number of likely N-dealkylation sites (N-methyl/N-ethyl adjacent to an activating group) is 1. The van der Waals surface area contributed by atoms with Gasteiger partial charge in [-0.1, -0.05) is 13.8 Å². The molecule has 0 radical (unpaired) electrons. The molecule has 1 fully saturated rings. The highest BCUT2D eigenvalue weighted by Gasteiger charge is 2.17. The zero-order valence-electron chi connectivity index (χ0n) is 13.9. The van der Waals surface area contributed by atoms with Gasteiger partial charge in [-0.05, 0) is 26.3 Å². The van der Waals surface area contributed by atoms with E-state index in [0.717, 1.165) is 30.3 Å². The summed E-state index contributed by atoms with van der Waals surface area (Å²) in [6, 6.07) is 0. The Morgan fingerprint density at radius 1 is 1.19 bits per heavy atom. The number of nitrogens with zero attached hydrogens (tertiary/aromatic N) is 4. The highest BCUT2D eigenvalue weighted by molar-refractivity contribution is 5.39. The van der Waals surface area contributed by atoms with E-state index in [4.69, 9.17) is 0 Å². The Morgan fingerprint density at radius 2 is 1.86 bits per heavy atom. The van der Waals surface area contributed by atoms with Crippen LogP contribution in [-0.4, -0.2) is 65.6 Å². The lowest BCUT2D eigenvalue weighted by molar-refractivity contribution is 0.126. The van der Waals surface area contributed by atoms with Crippen LogP contribution in [0.3, 0.4) is 0 Å². The van der Waals surface area contributed by atoms with Gasteiger partial charge in [0.2, 0.25) is 0 Å². The maximum Gasteiger partial charge on any atom is 0.147 e. The van der Waals surface area contributed by atoms with Crippen LogP contribution in [0.4, 0.5) is 5.82 Å². The molecule has 1 N–H and O–H groups in total. The van der Waals surface area contributed by atoms with Crippen LogP contribution in [0.5, 0.6) is 0 Å². The minimum absolute atomic E-state index is 0.611. The molecule has 1 unspecified atom stereocenters. The average Bonchev–Trinajstić information content (AvgIpc) is 2.49. The Hall–Kier alpha value is -1.20. The predicted molar refractivity (Wildman–Crippen MR) is 87.7 cm³/mol. The van der Waals surface area contributed by atoms with Crippen LogP contribution in [0.15, 0.2) is 6.20 Å². The summed E-state index contributed by atoms with van der Waals surface area (Å²) in [5, 5.41) is 3.45. The van der Waals surface area contributed by atoms with Gasteiger partial charge in [-0.15, -0.1) is 0 Å². The summed E-state index contributed by atoms with van der Waals surface area (Å²) in [5.41, 5.74) is 1.94. The molecule has 2 heterocycles. The van der Waals surface area contributed by atoms with Gasteiger partial charge in [0.05, 0.1) is 11.4 Å². The first-order valence-corrected chi connectivity index (χ1v) is 8.07. The SMILES string of the molecule is CCN1CCN(CC(C)CNc2nc(C)cnc2C)CC1. The van der Waals surface area contributed by atoms with E-state index in [9.17, 15) is 0 Å². The number of aryl methyl sites for hydroxylation is 2. The van der Waals surface area contributed by atoms with Crippen molar-refractivity contribution in [1.82, 2.24) is 19.8 Å². The fourth-order valence-electron chi connectivity index (χ4n) is 2.77. The summed E-state index contributed by atoms with van der Waals surface area (Å²) in [7, 11) is 0. The minimum atomic E-state index is 0.611. The van der Waals surface area contributed by atoms with Gasteiger partial charge in [0, 0.05) is 45.5 Å². The molecule has 118 valence electrons. The fraction of sp³-hybridized carbons (Fsp3) is 0.750. The molecule has 1 atom stereocenters. The third-order valence-corrected chi connectivity index (χ3v) is 4.18. The van der Waals surface area contributed by atoms with Crippen LogP contribution in [0.25, 0.3) is 0 Å². The smallest absolute Gasteiger partial charge is 0.147 e. The number of hydrogen-bond donors (Lipinski definition) is 1. The standard InChI is InChI=1S/C16H29N5/c1-5-20-6-8-21(9-7-20)12-13(2)10-18-16-15(4)17-11-14(3)19-16/h11,13H,5-10,12H2,1-4H3,(H,18,19). The molecule has 0 aliphatic carbocycles. The summed E-state index contributed by atoms with van der Waals surface area (Å²) in [5.74, 6) is 1.54. The molecule has 5 nitrogen and oxygen atoms in total. The van der Waals surface area contributed by atoms with Crippen molar-refractivity contribution in [2.75, 3.05) is 51.1 Å². The lowest BCUT2D eigenvalue weighted by Crippen LogP contribution is -2.47. The summed E-state index contributed by atoms with van der Waals surface area (Å²) < 4.78 is 0. The van der Waals surface area contributed by atoms with E-state index in [2.05, 4.69) is 38.9 Å². The van der Waals surface area contributed by atoms with Crippen LogP contribution >= 0.6 is 0 Å². The fourth-order valence-corrected chi connectivity index (χ4v) is 2.77. The molecule has 1 aromatic heterocycles. The number of rotatable bonds is 6. The number of hydrogen-bond acceptors (Lipinski definition) is 5. The van der Waals surface area contributed by atoms with E-state index in [0.29, 0.717) is 5.92 Å². The van der Waals surface area contributed by atoms with Crippen LogP contribution in [0, 0.1) is 19.8 Å². The Labute approximate surface area is 128 Å². The van der Waals surface area contributed by atoms with Crippen molar-refractivity contribution < 1.29 is 0 Å². The lowest BCUT2D eigenvalue weighted by atomic mass is 10.1. The van der Waals surface area contributed by atoms with Gasteiger partial charge in [0.25, 0.3) is 0 Å². The number of nitrogens with one attached hydrogen (secondary N) is 1. The zero-order valence-corrected chi connectivity index (χ0v) is 13.9. The maximum atomic E-state index is 4.52. The first-order valence-electron chi connectivity index (χ1n) is 8.07. The average molecular weight is 291 g/mol. The summed E-state index contributed by atoms with van der Waals surface area (Å²) in [6.07, 6.45) is 1.82. The van der Waals surface area contributed by atoms with Crippen LogP contribution < -0.4 is 5.32 Å². The molecule has 0 saturated carbocycles. The number of piperazine rings is 1. The maximum absolute atomic E-state index is 4.52. The Morgan fingerprint density at radius 3 is 2.52 bits per heavy atom. The van der Waals surface area contributed by atoms with Crippen molar-refractivity contribution in [2.45, 2.75) is 27.7 Å². The zero-order chi connectivity index (χ0) is 15.2. The minimum Gasteiger partial charge on any atom is -0.368 e. The van der Waals surface area contributed by atoms with Crippen molar-refractivity contribution in [3.05, 3.63) is 17.6 Å². The van der Waals surface area contributed by atoms with Gasteiger partial charge in [-0.25, -0.2) is 4.98 Å². The Bertz CT molecular complexity index is 440. The van der Waals surface area contributed by atoms with Crippen molar-refractivity contribution in [2.24, 2.45) is 5.92 Å². The third-order valence-electron chi connectivity index (χ3n) is 4.18. The summed E-state index contributed by atoms with van der Waals surface area (Å²) >= 11 is 0. The molecular weight excluding hydrogens is 262 g/mol. The second-order valence-electron chi connectivity index (χ2n) is 6.17. The normalized spacial score (nSPS) is 18.7. The van der Waals surface area contributed by atoms with Crippen LogP contribution in [0.2, 0.25) is 0 Å². The molecule has 1 aliphatic rings. The molecule has 0 spiro atoms. The molecule has 0 amide bonds. The van der Waals surface area contributed by atoms with E-state index in [1.54, 1.807) is 0 Å². The first kappa shape index (κ1) is 16.2. The van der Waals surface area contributed by atoms with Crippen molar-refractivity contribution in [1.29, 1.82) is 0 Å². The van der Waals surface area contributed by atoms with E-state index in [1.807, 2.05) is 20.0 Å². The first-order chi connectivity index (χ1) is 10.1. The largest absolute Gasteiger partial charge is 0.368 e. The topological polar surface area (TPSA) is 44.3 Å². The molecule has 5 heteroatoms. The molecule has 1 aliphatic heterocycles. The second-order valence-corrected chi connectivity index (χ2v) is 6.17. The third kappa shape index (κ3) is 4.93. The van der Waals surface area contributed by atoms with E-state index < -0.39 is 0 Å². The molecular formula is C16H29N5. The molecule has 1 aromatic rings. The van der Waals surface area contributed by atoms with Gasteiger partial charge in [-0.2, -0.15) is 0 Å². The Balaban J connectivity index is 1.75. The van der Waals surface area contributed by atoms with E-state index >= 15 is 0 Å². The van der Waals surface area contributed by atoms with Crippen LogP contribution in [-0.2, 0) is 0 Å². The van der Waals surface area contributed by atoms with E-state index in [1.165, 1.54) is 32.7 Å². The lowest BCUT2D eigenvalue weighted by Gasteiger charge is -2.35. The summed E-state index contributed by atoms with van der Waals surface area (Å²) in [4.78, 5) is 14.0. The van der Waals surface area contributed by atoms with Crippen molar-refractivity contribution in [3.63, 3.8) is 0 Å². The van der Waals surface area contributed by atoms with Gasteiger partial charge in [-0.3, -0.25) is 4.98 Å². The second kappa shape index (κ2) is 7.71. The van der Waals surface area contributed by atoms with Crippen molar-refractivity contribution >= 4 is 5.82 Å². The Kier molecular flexibility index (Phi) is 5.94. The quantitative estimate of drug-likeness (QED) is 0.865.